The number of ketones is 1. The topological polar surface area (TPSA) is 234 Å². The second kappa shape index (κ2) is 14.0. The Kier molecular flexibility index (Phi) is 10.8. The summed E-state index contributed by atoms with van der Waals surface area (Å²) in [5.41, 5.74) is 0.422. The number of ether oxygens (including phenoxy) is 3. The third-order valence-electron chi connectivity index (χ3n) is 5.07. The van der Waals surface area contributed by atoms with Gasteiger partial charge in [-0.2, -0.15) is 0 Å². The summed E-state index contributed by atoms with van der Waals surface area (Å²) in [5.74, 6) is -8.98. The van der Waals surface area contributed by atoms with Gasteiger partial charge in [-0.15, -0.1) is 0 Å². The van der Waals surface area contributed by atoms with Gasteiger partial charge in [0.25, 0.3) is 0 Å². The average Bonchev–Trinajstić information content (AvgIpc) is 2.91. The molecule has 0 fully saturated rings. The second-order valence-corrected chi connectivity index (χ2v) is 7.94. The minimum Gasteiger partial charge on any atom is -0.504 e. The second-order valence-electron chi connectivity index (χ2n) is 7.94. The Bertz CT molecular complexity index is 1340. The summed E-state index contributed by atoms with van der Waals surface area (Å²) < 4.78 is 14.3. The summed E-state index contributed by atoms with van der Waals surface area (Å²) in [6.45, 7) is 0. The lowest BCUT2D eigenvalue weighted by molar-refractivity contribution is -0.181. The van der Waals surface area contributed by atoms with Gasteiger partial charge in [-0.05, 0) is 47.5 Å². The zero-order chi connectivity index (χ0) is 30.0. The number of aromatic hydroxyl groups is 4. The number of esters is 3. The molecular weight excluding hydrogens is 536 g/mol. The molecule has 2 aromatic rings. The molecule has 0 aliphatic rings. The molecule has 0 saturated heterocycles. The third kappa shape index (κ3) is 8.88. The summed E-state index contributed by atoms with van der Waals surface area (Å²) in [6.07, 6.45) is -4.03. The molecule has 0 heterocycles. The number of phenols is 4. The minimum absolute atomic E-state index is 0.205. The van der Waals surface area contributed by atoms with Crippen LogP contribution in [0.5, 0.6) is 23.0 Å². The van der Waals surface area contributed by atoms with E-state index in [0.717, 1.165) is 55.7 Å². The monoisotopic (exact) mass is 560 g/mol. The van der Waals surface area contributed by atoms with Crippen molar-refractivity contribution in [2.75, 3.05) is 7.11 Å². The lowest BCUT2D eigenvalue weighted by atomic mass is 10.0. The number of aliphatic carboxylic acids is 1. The summed E-state index contributed by atoms with van der Waals surface area (Å²) >= 11 is 0. The van der Waals surface area contributed by atoms with E-state index in [1.807, 2.05) is 0 Å². The maximum atomic E-state index is 12.5. The van der Waals surface area contributed by atoms with Crippen LogP contribution in [-0.2, 0) is 38.2 Å². The maximum absolute atomic E-state index is 12.5. The van der Waals surface area contributed by atoms with Gasteiger partial charge in [0.1, 0.15) is 6.10 Å². The number of methoxy groups -OCH3 is 1. The van der Waals surface area contributed by atoms with Crippen molar-refractivity contribution >= 4 is 41.8 Å². The molecule has 6 N–H and O–H groups in total. The molecule has 0 spiro atoms. The number of Topliss-reactive ketones (excluding diaryl/α,β-unsaturated/α-hetero) is 1. The zero-order valence-corrected chi connectivity index (χ0v) is 20.7. The lowest BCUT2D eigenvalue weighted by Gasteiger charge is -2.27. The minimum atomic E-state index is -2.53. The molecule has 0 bridgehead atoms. The SMILES string of the molecule is COC(=O)C(=O)CC(OC(=O)C=Cc1ccc(O)c(O)c1)C(OC(=O)C=Cc1ccc(O)c(O)c1)C(O)C(=O)O. The number of aliphatic hydroxyl groups excluding tert-OH is 1. The summed E-state index contributed by atoms with van der Waals surface area (Å²) in [5, 5.41) is 57.3. The van der Waals surface area contributed by atoms with Crippen molar-refractivity contribution in [1.29, 1.82) is 0 Å². The van der Waals surface area contributed by atoms with Crippen LogP contribution in [0.1, 0.15) is 17.5 Å². The van der Waals surface area contributed by atoms with E-state index >= 15 is 0 Å². The van der Waals surface area contributed by atoms with E-state index in [0.29, 0.717) is 0 Å². The lowest BCUT2D eigenvalue weighted by Crippen LogP contribution is -2.48. The van der Waals surface area contributed by atoms with Crippen LogP contribution >= 0.6 is 0 Å². The molecule has 212 valence electrons. The molecule has 3 unspecified atom stereocenters. The van der Waals surface area contributed by atoms with Crippen molar-refractivity contribution in [3.05, 3.63) is 59.7 Å². The molecule has 2 rings (SSSR count). The number of carboxylic acids is 1. The average molecular weight is 560 g/mol. The summed E-state index contributed by atoms with van der Waals surface area (Å²) in [6, 6.07) is 7.05. The highest BCUT2D eigenvalue weighted by Crippen LogP contribution is 2.26. The number of rotatable bonds is 12. The Morgan fingerprint density at radius 3 is 1.68 bits per heavy atom. The van der Waals surface area contributed by atoms with Crippen LogP contribution < -0.4 is 0 Å². The fourth-order valence-electron chi connectivity index (χ4n) is 3.07. The zero-order valence-electron chi connectivity index (χ0n) is 20.7. The maximum Gasteiger partial charge on any atom is 0.374 e. The first kappa shape index (κ1) is 30.9. The van der Waals surface area contributed by atoms with Gasteiger partial charge < -0.3 is 44.8 Å². The largest absolute Gasteiger partial charge is 0.504 e. The van der Waals surface area contributed by atoms with Crippen molar-refractivity contribution < 1.29 is 68.8 Å². The molecule has 0 amide bonds. The number of carbonyl (C=O) groups is 5. The summed E-state index contributed by atoms with van der Waals surface area (Å²) in [7, 11) is 0.882. The first-order chi connectivity index (χ1) is 18.8. The smallest absolute Gasteiger partial charge is 0.374 e. The molecule has 2 aromatic carbocycles. The molecule has 14 nitrogen and oxygen atoms in total. The van der Waals surface area contributed by atoms with Crippen molar-refractivity contribution in [3.63, 3.8) is 0 Å². The highest BCUT2D eigenvalue weighted by atomic mass is 16.6. The van der Waals surface area contributed by atoms with Crippen LogP contribution in [0, 0.1) is 0 Å². The van der Waals surface area contributed by atoms with Crippen molar-refractivity contribution in [2.24, 2.45) is 0 Å². The number of carbonyl (C=O) groups excluding carboxylic acids is 4. The van der Waals surface area contributed by atoms with Gasteiger partial charge in [0.05, 0.1) is 13.5 Å². The molecule has 3 atom stereocenters. The predicted molar refractivity (Wildman–Crippen MR) is 133 cm³/mol. The number of phenolic OH excluding ortho intramolecular Hbond substituents is 4. The Morgan fingerprint density at radius 1 is 0.775 bits per heavy atom. The standard InChI is InChI=1S/C26H24O14/c1-38-26(37)19(31)12-20(39-21(32)8-4-13-2-6-15(27)17(29)10-13)24(23(34)25(35)36)40-22(33)9-5-14-3-7-16(28)18(30)11-14/h2-11,20,23-24,27-30,34H,12H2,1H3,(H,35,36). The van der Waals surface area contributed by atoms with Gasteiger partial charge in [-0.3, -0.25) is 4.79 Å². The van der Waals surface area contributed by atoms with Crippen LogP contribution in [0.4, 0.5) is 0 Å². The highest BCUT2D eigenvalue weighted by molar-refractivity contribution is 6.33. The number of hydrogen-bond acceptors (Lipinski definition) is 13. The fraction of sp³-hybridized carbons (Fsp3) is 0.192. The molecule has 0 aromatic heterocycles. The van der Waals surface area contributed by atoms with Crippen LogP contribution in [0.15, 0.2) is 48.6 Å². The fourth-order valence-corrected chi connectivity index (χ4v) is 3.07. The van der Waals surface area contributed by atoms with E-state index in [1.165, 1.54) is 12.1 Å². The van der Waals surface area contributed by atoms with Crippen molar-refractivity contribution in [2.45, 2.75) is 24.7 Å². The first-order valence-corrected chi connectivity index (χ1v) is 11.2. The molecule has 0 aliphatic carbocycles. The van der Waals surface area contributed by atoms with E-state index in [4.69, 9.17) is 9.47 Å². The van der Waals surface area contributed by atoms with E-state index in [1.54, 1.807) is 0 Å². The molecule has 0 radical (unpaired) electrons. The van der Waals surface area contributed by atoms with E-state index < -0.39 is 77.4 Å². The van der Waals surface area contributed by atoms with E-state index in [-0.39, 0.29) is 11.1 Å². The summed E-state index contributed by atoms with van der Waals surface area (Å²) in [4.78, 5) is 60.3. The van der Waals surface area contributed by atoms with Crippen molar-refractivity contribution in [1.82, 2.24) is 0 Å². The quantitative estimate of drug-likeness (QED) is 0.0687. The van der Waals surface area contributed by atoms with E-state index in [2.05, 4.69) is 4.74 Å². The van der Waals surface area contributed by atoms with Gasteiger partial charge >= 0.3 is 23.9 Å². The number of benzene rings is 2. The normalized spacial score (nSPS) is 13.3. The Labute approximate surface area is 225 Å². The molecule has 0 saturated carbocycles. The number of hydrogen-bond donors (Lipinski definition) is 6. The van der Waals surface area contributed by atoms with Gasteiger partial charge in [0.2, 0.25) is 5.78 Å². The highest BCUT2D eigenvalue weighted by Gasteiger charge is 2.40. The van der Waals surface area contributed by atoms with E-state index in [9.17, 15) is 54.6 Å². The van der Waals surface area contributed by atoms with Gasteiger partial charge in [0.15, 0.2) is 35.2 Å². The number of aliphatic hydroxyl groups is 1. The predicted octanol–water partition coefficient (Wildman–Crippen LogP) is 0.637. The third-order valence-corrected chi connectivity index (χ3v) is 5.07. The molecule has 14 heteroatoms. The van der Waals surface area contributed by atoms with Gasteiger partial charge in [-0.25, -0.2) is 19.2 Å². The van der Waals surface area contributed by atoms with Crippen LogP contribution in [0.3, 0.4) is 0 Å². The molecule has 0 aliphatic heterocycles. The first-order valence-electron chi connectivity index (χ1n) is 11.2. The van der Waals surface area contributed by atoms with Crippen LogP contribution in [-0.4, -0.2) is 85.7 Å². The van der Waals surface area contributed by atoms with Gasteiger partial charge in [0, 0.05) is 12.2 Å². The molecule has 40 heavy (non-hydrogen) atoms. The Morgan fingerprint density at radius 2 is 1.25 bits per heavy atom. The van der Waals surface area contributed by atoms with Crippen LogP contribution in [0.2, 0.25) is 0 Å². The Balaban J connectivity index is 2.33. The van der Waals surface area contributed by atoms with Crippen LogP contribution in [0.25, 0.3) is 12.2 Å². The van der Waals surface area contributed by atoms with Crippen molar-refractivity contribution in [3.8, 4) is 23.0 Å². The molecular formula is C26H24O14. The Hall–Kier alpha value is -5.37. The number of carboxylic acid groups (broad SMARTS) is 1. The van der Waals surface area contributed by atoms with Gasteiger partial charge in [-0.1, -0.05) is 12.1 Å².